The van der Waals surface area contributed by atoms with Crippen molar-refractivity contribution in [2.24, 2.45) is 0 Å². The maximum absolute atomic E-state index is 11.5. The number of hydrogen-bond donors (Lipinski definition) is 3. The number of carbonyl (C=O) groups is 1. The van der Waals surface area contributed by atoms with Gasteiger partial charge in [0.15, 0.2) is 0 Å². The minimum atomic E-state index is -0.519. The van der Waals surface area contributed by atoms with Crippen LogP contribution in [-0.4, -0.2) is 12.7 Å². The maximum atomic E-state index is 11.5. The highest BCUT2D eigenvalue weighted by Crippen LogP contribution is 2.22. The van der Waals surface area contributed by atoms with Crippen LogP contribution in [0.4, 0.5) is 22.1 Å². The number of rotatable bonds is 8. The van der Waals surface area contributed by atoms with Gasteiger partial charge in [0.1, 0.15) is 5.69 Å². The van der Waals surface area contributed by atoms with E-state index in [-0.39, 0.29) is 12.4 Å². The minimum Gasteiger partial charge on any atom is -1.00 e. The van der Waals surface area contributed by atoms with E-state index in [4.69, 9.17) is 10.5 Å². The number of hydrogen-bond acceptors (Lipinski definition) is 4. The molecule has 0 aliphatic rings. The second kappa shape index (κ2) is 11.4. The van der Waals surface area contributed by atoms with Crippen LogP contribution >= 0.6 is 0 Å². The average Bonchev–Trinajstić information content (AvgIpc) is 2.67. The number of halogens is 1. The maximum Gasteiger partial charge on any atom is 0.411 e. The Morgan fingerprint density at radius 3 is 2.21 bits per heavy atom. The summed E-state index contributed by atoms with van der Waals surface area (Å²) >= 11 is 0. The van der Waals surface area contributed by atoms with Crippen LogP contribution in [0.25, 0.3) is 0 Å². The number of nitrogens with one attached hydrogen (secondary N) is 3. The lowest BCUT2D eigenvalue weighted by Crippen LogP contribution is -3.00. The highest BCUT2D eigenvalue weighted by atomic mass is 35.5. The fraction of sp³-hybridized carbons (Fsp3) is 0.429. The van der Waals surface area contributed by atoms with Gasteiger partial charge in [-0.2, -0.15) is 0 Å². The van der Waals surface area contributed by atoms with Gasteiger partial charge in [0.2, 0.25) is 11.6 Å². The molecule has 6 nitrogen and oxygen atoms in total. The third-order valence-corrected chi connectivity index (χ3v) is 4.61. The summed E-state index contributed by atoms with van der Waals surface area (Å²) in [5, 5.41) is 6.03. The molecule has 0 unspecified atom stereocenters. The Balaban J connectivity index is 0.00000392. The molecule has 0 saturated carbocycles. The topological polar surface area (TPSA) is 90.5 Å². The number of pyridine rings is 1. The van der Waals surface area contributed by atoms with E-state index in [0.29, 0.717) is 18.1 Å². The van der Waals surface area contributed by atoms with E-state index in [1.54, 1.807) is 13.0 Å². The minimum absolute atomic E-state index is 0. The lowest BCUT2D eigenvalue weighted by atomic mass is 9.93. The first-order valence-corrected chi connectivity index (χ1v) is 9.65. The number of benzene rings is 1. The number of aryl methyl sites for hydroxylation is 3. The summed E-state index contributed by atoms with van der Waals surface area (Å²) in [6, 6.07) is 8.23. The zero-order valence-electron chi connectivity index (χ0n) is 17.1. The fourth-order valence-electron chi connectivity index (χ4n) is 3.12. The monoisotopic (exact) mass is 406 g/mol. The predicted octanol–water partition coefficient (Wildman–Crippen LogP) is 0.955. The van der Waals surface area contributed by atoms with Crippen LogP contribution in [-0.2, 0) is 30.5 Å². The van der Waals surface area contributed by atoms with Crippen molar-refractivity contribution in [3.8, 4) is 0 Å². The average molecular weight is 407 g/mol. The molecule has 0 atom stereocenters. The van der Waals surface area contributed by atoms with Gasteiger partial charge in [-0.1, -0.05) is 32.9 Å². The van der Waals surface area contributed by atoms with Crippen molar-refractivity contribution >= 4 is 23.4 Å². The Bertz CT molecular complexity index is 771. The van der Waals surface area contributed by atoms with Gasteiger partial charge in [0, 0.05) is 6.07 Å². The molecule has 2 rings (SSSR count). The highest BCUT2D eigenvalue weighted by Gasteiger charge is 2.13. The first-order chi connectivity index (χ1) is 13.0. The van der Waals surface area contributed by atoms with Gasteiger partial charge in [-0.25, -0.2) is 9.78 Å². The molecule has 1 aromatic heterocycles. The zero-order valence-corrected chi connectivity index (χ0v) is 17.9. The summed E-state index contributed by atoms with van der Waals surface area (Å²) in [5.74, 6) is 1.17. The van der Waals surface area contributed by atoms with Crippen LogP contribution in [0, 0.1) is 0 Å². The Morgan fingerprint density at radius 1 is 1.07 bits per heavy atom. The first kappa shape index (κ1) is 23.6. The number of aromatic amines is 1. The molecule has 1 amide bonds. The lowest BCUT2D eigenvalue weighted by Gasteiger charge is -2.15. The number of amides is 1. The van der Waals surface area contributed by atoms with Gasteiger partial charge in [-0.3, -0.25) is 5.32 Å². The highest BCUT2D eigenvalue weighted by molar-refractivity contribution is 5.87. The van der Waals surface area contributed by atoms with Gasteiger partial charge in [-0.15, -0.1) is 0 Å². The van der Waals surface area contributed by atoms with Crippen LogP contribution in [0.15, 0.2) is 24.3 Å². The van der Waals surface area contributed by atoms with E-state index in [9.17, 15) is 4.79 Å². The number of nitrogens with two attached hydrogens (primary N) is 1. The Hall–Kier alpha value is -2.47. The van der Waals surface area contributed by atoms with Crippen LogP contribution in [0.5, 0.6) is 0 Å². The number of aromatic nitrogens is 1. The molecule has 1 heterocycles. The van der Waals surface area contributed by atoms with Gasteiger partial charge >= 0.3 is 6.09 Å². The van der Waals surface area contributed by atoms with Crippen molar-refractivity contribution in [3.05, 3.63) is 46.5 Å². The second-order valence-corrected chi connectivity index (χ2v) is 6.35. The second-order valence-electron chi connectivity index (χ2n) is 6.35. The van der Waals surface area contributed by atoms with E-state index in [0.717, 1.165) is 31.6 Å². The van der Waals surface area contributed by atoms with E-state index in [1.807, 2.05) is 6.07 Å². The van der Waals surface area contributed by atoms with Crippen molar-refractivity contribution in [1.82, 2.24) is 0 Å². The summed E-state index contributed by atoms with van der Waals surface area (Å²) in [6.07, 6.45) is 2.54. The summed E-state index contributed by atoms with van der Waals surface area (Å²) in [6.45, 7) is 9.36. The third kappa shape index (κ3) is 6.02. The number of ether oxygens (including phenoxy) is 1. The summed E-state index contributed by atoms with van der Waals surface area (Å²) in [7, 11) is 0. The van der Waals surface area contributed by atoms with Crippen LogP contribution < -0.4 is 33.8 Å². The van der Waals surface area contributed by atoms with Crippen LogP contribution in [0.3, 0.4) is 0 Å². The van der Waals surface area contributed by atoms with Crippen molar-refractivity contribution in [3.63, 3.8) is 0 Å². The third-order valence-electron chi connectivity index (χ3n) is 4.61. The van der Waals surface area contributed by atoms with Crippen molar-refractivity contribution in [2.45, 2.75) is 53.5 Å². The molecule has 0 fully saturated rings. The SMILES string of the molecule is CCOC(=O)Nc1ccc(NCc2c(CC)cc(CC)cc2CC)[nH+]c1N.[Cl-]. The molecule has 154 valence electrons. The van der Waals surface area contributed by atoms with Gasteiger partial charge in [-0.05, 0) is 54.5 Å². The molecule has 0 saturated heterocycles. The smallest absolute Gasteiger partial charge is 0.411 e. The number of nitrogen functional groups attached to an aromatic ring is 1. The summed E-state index contributed by atoms with van der Waals surface area (Å²) in [5.41, 5.74) is 12.0. The zero-order chi connectivity index (χ0) is 19.8. The molecule has 28 heavy (non-hydrogen) atoms. The van der Waals surface area contributed by atoms with E-state index in [2.05, 4.69) is 48.5 Å². The van der Waals surface area contributed by atoms with Crippen molar-refractivity contribution < 1.29 is 26.9 Å². The van der Waals surface area contributed by atoms with Crippen molar-refractivity contribution in [1.29, 1.82) is 0 Å². The summed E-state index contributed by atoms with van der Waals surface area (Å²) < 4.78 is 4.87. The van der Waals surface area contributed by atoms with E-state index < -0.39 is 6.09 Å². The molecular weight excluding hydrogens is 376 g/mol. The summed E-state index contributed by atoms with van der Waals surface area (Å²) in [4.78, 5) is 14.6. The first-order valence-electron chi connectivity index (χ1n) is 9.65. The lowest BCUT2D eigenvalue weighted by molar-refractivity contribution is -0.342. The molecule has 0 radical (unpaired) electrons. The molecule has 0 aliphatic carbocycles. The van der Waals surface area contributed by atoms with Crippen LogP contribution in [0.2, 0.25) is 0 Å². The molecule has 2 aromatic rings. The number of anilines is 3. The van der Waals surface area contributed by atoms with E-state index in [1.165, 1.54) is 22.3 Å². The number of carbonyl (C=O) groups excluding carboxylic acids is 1. The largest absolute Gasteiger partial charge is 1.00 e. The van der Waals surface area contributed by atoms with Crippen LogP contribution in [0.1, 0.15) is 49.9 Å². The van der Waals surface area contributed by atoms with Gasteiger partial charge in [0.25, 0.3) is 0 Å². The van der Waals surface area contributed by atoms with E-state index >= 15 is 0 Å². The normalized spacial score (nSPS) is 10.1. The molecule has 0 spiro atoms. The number of H-pyrrole nitrogens is 1. The predicted molar refractivity (Wildman–Crippen MR) is 110 cm³/mol. The molecule has 0 aliphatic heterocycles. The Kier molecular flexibility index (Phi) is 9.59. The molecule has 5 N–H and O–H groups in total. The molecule has 0 bridgehead atoms. The fourth-order valence-corrected chi connectivity index (χ4v) is 3.12. The molecule has 1 aromatic carbocycles. The Morgan fingerprint density at radius 2 is 1.71 bits per heavy atom. The van der Waals surface area contributed by atoms with Gasteiger partial charge < -0.3 is 28.2 Å². The standard InChI is InChI=1S/C21H30N4O2.ClH/c1-5-14-11-15(6-2)17(16(7-3)12-14)13-23-19-10-9-18(20(22)25-19)24-21(26)27-8-4;/h9-12H,5-8,13H2,1-4H3,(H,24,26)(H3,22,23,25);1H. The van der Waals surface area contributed by atoms with Gasteiger partial charge in [0.05, 0.1) is 13.2 Å². The molecular formula is C21H31ClN4O2. The Labute approximate surface area is 173 Å². The molecule has 7 heteroatoms. The van der Waals surface area contributed by atoms with Crippen molar-refractivity contribution in [2.75, 3.05) is 23.0 Å². The quantitative estimate of drug-likeness (QED) is 0.609.